The lowest BCUT2D eigenvalue weighted by atomic mass is 10.0. The first kappa shape index (κ1) is 17.1. The molecule has 0 fully saturated rings. The van der Waals surface area contributed by atoms with Crippen molar-refractivity contribution >= 4 is 29.3 Å². The third-order valence-electron chi connectivity index (χ3n) is 2.40. The fourth-order valence-electron chi connectivity index (χ4n) is 1.68. The Labute approximate surface area is 129 Å². The van der Waals surface area contributed by atoms with E-state index in [-0.39, 0.29) is 6.61 Å². The molecule has 0 aliphatic carbocycles. The van der Waals surface area contributed by atoms with E-state index in [0.717, 1.165) is 5.56 Å². The number of halogens is 2. The molecule has 0 bridgehead atoms. The number of alkyl carbamates (subject to hydrolysis) is 1. The Bertz CT molecular complexity index is 452. The van der Waals surface area contributed by atoms with Crippen LogP contribution in [0.2, 0.25) is 10.0 Å². The van der Waals surface area contributed by atoms with Crippen LogP contribution in [0.4, 0.5) is 4.79 Å². The van der Waals surface area contributed by atoms with Crippen LogP contribution in [-0.4, -0.2) is 23.4 Å². The lowest BCUT2D eigenvalue weighted by Gasteiger charge is -2.23. The van der Waals surface area contributed by atoms with E-state index in [1.807, 2.05) is 0 Å². The van der Waals surface area contributed by atoms with Gasteiger partial charge in [0.25, 0.3) is 0 Å². The van der Waals surface area contributed by atoms with Gasteiger partial charge < -0.3 is 15.2 Å². The van der Waals surface area contributed by atoms with Crippen molar-refractivity contribution in [3.8, 4) is 0 Å². The maximum absolute atomic E-state index is 11.8. The molecule has 0 saturated carbocycles. The first-order valence-electron chi connectivity index (χ1n) is 6.27. The zero-order chi connectivity index (χ0) is 15.3. The highest BCUT2D eigenvalue weighted by Crippen LogP contribution is 2.25. The smallest absolute Gasteiger partial charge is 0.408 e. The molecule has 0 heterocycles. The number of hydrogen-bond acceptors (Lipinski definition) is 3. The summed E-state index contributed by atoms with van der Waals surface area (Å²) in [6.07, 6.45) is -0.206. The predicted octanol–water partition coefficient (Wildman–Crippen LogP) is 3.94. The van der Waals surface area contributed by atoms with Crippen LogP contribution in [0.15, 0.2) is 18.2 Å². The molecule has 0 aliphatic heterocycles. The number of amides is 1. The van der Waals surface area contributed by atoms with Crippen molar-refractivity contribution in [2.45, 2.75) is 38.8 Å². The molecule has 20 heavy (non-hydrogen) atoms. The maximum atomic E-state index is 11.8. The molecule has 0 aromatic heterocycles. The lowest BCUT2D eigenvalue weighted by Crippen LogP contribution is -2.35. The van der Waals surface area contributed by atoms with Crippen molar-refractivity contribution in [3.63, 3.8) is 0 Å². The number of rotatable bonds is 4. The van der Waals surface area contributed by atoms with Gasteiger partial charge in [0, 0.05) is 16.7 Å². The second-order valence-electron chi connectivity index (χ2n) is 5.41. The van der Waals surface area contributed by atoms with E-state index >= 15 is 0 Å². The number of aliphatic hydroxyl groups excluding tert-OH is 1. The number of hydrogen-bond donors (Lipinski definition) is 2. The van der Waals surface area contributed by atoms with Gasteiger partial charge in [0.15, 0.2) is 0 Å². The summed E-state index contributed by atoms with van der Waals surface area (Å²) in [5.74, 6) is 0. The number of ether oxygens (including phenoxy) is 1. The van der Waals surface area contributed by atoms with Gasteiger partial charge in [0.05, 0.1) is 6.04 Å². The molecule has 2 N–H and O–H groups in total. The Hall–Kier alpha value is -0.970. The lowest BCUT2D eigenvalue weighted by molar-refractivity contribution is 0.0496. The molecule has 0 saturated heterocycles. The standard InChI is InChI=1S/C14H19Cl2NO3/c1-14(2,3)20-13(19)17-12(4-5-18)9-6-10(15)8-11(16)7-9/h6-8,12,18H,4-5H2,1-3H3,(H,17,19). The van der Waals surface area contributed by atoms with Crippen molar-refractivity contribution in [1.29, 1.82) is 0 Å². The summed E-state index contributed by atoms with van der Waals surface area (Å²) in [6.45, 7) is 5.27. The van der Waals surface area contributed by atoms with Gasteiger partial charge in [-0.15, -0.1) is 0 Å². The van der Waals surface area contributed by atoms with Gasteiger partial charge >= 0.3 is 6.09 Å². The minimum Gasteiger partial charge on any atom is -0.444 e. The van der Waals surface area contributed by atoms with E-state index < -0.39 is 17.7 Å². The second kappa shape index (κ2) is 7.16. The highest BCUT2D eigenvalue weighted by atomic mass is 35.5. The van der Waals surface area contributed by atoms with E-state index in [9.17, 15) is 4.79 Å². The van der Waals surface area contributed by atoms with Crippen molar-refractivity contribution in [3.05, 3.63) is 33.8 Å². The van der Waals surface area contributed by atoms with Crippen LogP contribution < -0.4 is 5.32 Å². The quantitative estimate of drug-likeness (QED) is 0.883. The van der Waals surface area contributed by atoms with Crippen LogP contribution in [-0.2, 0) is 4.74 Å². The summed E-state index contributed by atoms with van der Waals surface area (Å²) in [5, 5.41) is 12.8. The summed E-state index contributed by atoms with van der Waals surface area (Å²) < 4.78 is 5.20. The normalized spacial score (nSPS) is 12.9. The number of aliphatic hydroxyl groups is 1. The minimum absolute atomic E-state index is 0.0788. The molecular weight excluding hydrogens is 301 g/mol. The average molecular weight is 320 g/mol. The van der Waals surface area contributed by atoms with Crippen molar-refractivity contribution in [2.24, 2.45) is 0 Å². The van der Waals surface area contributed by atoms with Crippen LogP contribution in [0.5, 0.6) is 0 Å². The third kappa shape index (κ3) is 5.99. The Morgan fingerprint density at radius 3 is 2.30 bits per heavy atom. The topological polar surface area (TPSA) is 58.6 Å². The highest BCUT2D eigenvalue weighted by Gasteiger charge is 2.20. The van der Waals surface area contributed by atoms with Crippen molar-refractivity contribution in [1.82, 2.24) is 5.32 Å². The Morgan fingerprint density at radius 1 is 1.30 bits per heavy atom. The predicted molar refractivity (Wildman–Crippen MR) is 80.3 cm³/mol. The Balaban J connectivity index is 2.86. The van der Waals surface area contributed by atoms with Crippen molar-refractivity contribution in [2.75, 3.05) is 6.61 Å². The molecule has 1 rings (SSSR count). The van der Waals surface area contributed by atoms with E-state index in [0.29, 0.717) is 16.5 Å². The summed E-state index contributed by atoms with van der Waals surface area (Å²) in [7, 11) is 0. The van der Waals surface area contributed by atoms with Crippen molar-refractivity contribution < 1.29 is 14.6 Å². The van der Waals surface area contributed by atoms with Gasteiger partial charge in [-0.3, -0.25) is 0 Å². The molecule has 1 aromatic carbocycles. The number of nitrogens with one attached hydrogen (secondary N) is 1. The van der Waals surface area contributed by atoms with Gasteiger partial charge in [0.2, 0.25) is 0 Å². The second-order valence-corrected chi connectivity index (χ2v) is 6.29. The third-order valence-corrected chi connectivity index (χ3v) is 2.83. The maximum Gasteiger partial charge on any atom is 0.408 e. The largest absolute Gasteiger partial charge is 0.444 e. The summed E-state index contributed by atoms with van der Waals surface area (Å²) in [6, 6.07) is 4.60. The first-order chi connectivity index (χ1) is 9.21. The fourth-order valence-corrected chi connectivity index (χ4v) is 2.22. The zero-order valence-electron chi connectivity index (χ0n) is 11.7. The van der Waals surface area contributed by atoms with E-state index in [2.05, 4.69) is 5.32 Å². The minimum atomic E-state index is -0.584. The first-order valence-corrected chi connectivity index (χ1v) is 7.03. The molecule has 1 atom stereocenters. The van der Waals surface area contributed by atoms with Crippen LogP contribution >= 0.6 is 23.2 Å². The number of carbonyl (C=O) groups is 1. The molecule has 0 radical (unpaired) electrons. The molecule has 6 heteroatoms. The number of carbonyl (C=O) groups excluding carboxylic acids is 1. The van der Waals surface area contributed by atoms with Crippen LogP contribution in [0.25, 0.3) is 0 Å². The summed E-state index contributed by atoms with van der Waals surface area (Å²) in [4.78, 5) is 11.8. The average Bonchev–Trinajstić information content (AvgIpc) is 2.24. The van der Waals surface area contributed by atoms with Crippen LogP contribution in [0.1, 0.15) is 38.8 Å². The summed E-state index contributed by atoms with van der Waals surface area (Å²) in [5.41, 5.74) is 0.141. The molecule has 1 aromatic rings. The molecular formula is C14H19Cl2NO3. The van der Waals surface area contributed by atoms with E-state index in [1.165, 1.54) is 0 Å². The van der Waals surface area contributed by atoms with Crippen LogP contribution in [0, 0.1) is 0 Å². The van der Waals surface area contributed by atoms with Gasteiger partial charge in [0.1, 0.15) is 5.60 Å². The molecule has 0 aliphatic rings. The molecule has 4 nitrogen and oxygen atoms in total. The molecule has 0 spiro atoms. The Kier molecular flexibility index (Phi) is 6.11. The van der Waals surface area contributed by atoms with Gasteiger partial charge in [-0.25, -0.2) is 4.79 Å². The van der Waals surface area contributed by atoms with Gasteiger partial charge in [-0.1, -0.05) is 23.2 Å². The van der Waals surface area contributed by atoms with Crippen LogP contribution in [0.3, 0.4) is 0 Å². The summed E-state index contributed by atoms with van der Waals surface area (Å²) >= 11 is 11.9. The van der Waals surface area contributed by atoms with E-state index in [1.54, 1.807) is 39.0 Å². The van der Waals surface area contributed by atoms with E-state index in [4.69, 9.17) is 33.0 Å². The Morgan fingerprint density at radius 2 is 1.85 bits per heavy atom. The van der Waals surface area contributed by atoms with Gasteiger partial charge in [-0.05, 0) is 51.0 Å². The molecule has 1 unspecified atom stereocenters. The highest BCUT2D eigenvalue weighted by molar-refractivity contribution is 6.34. The fraction of sp³-hybridized carbons (Fsp3) is 0.500. The van der Waals surface area contributed by atoms with Gasteiger partial charge in [-0.2, -0.15) is 0 Å². The number of benzene rings is 1. The SMILES string of the molecule is CC(C)(C)OC(=O)NC(CCO)c1cc(Cl)cc(Cl)c1. The monoisotopic (exact) mass is 319 g/mol. The molecule has 1 amide bonds. The molecule has 112 valence electrons. The zero-order valence-corrected chi connectivity index (χ0v) is 13.3.